The zero-order valence-electron chi connectivity index (χ0n) is 10.8. The molecule has 0 saturated carbocycles. The molecule has 0 aliphatic heterocycles. The first-order valence-corrected chi connectivity index (χ1v) is 5.75. The molecule has 17 heavy (non-hydrogen) atoms. The lowest BCUT2D eigenvalue weighted by Gasteiger charge is -2.15. The van der Waals surface area contributed by atoms with Crippen LogP contribution in [-0.2, 0) is 0 Å². The van der Waals surface area contributed by atoms with Crippen LogP contribution < -0.4 is 15.2 Å². The van der Waals surface area contributed by atoms with Gasteiger partial charge in [0.25, 0.3) is 0 Å². The fourth-order valence-corrected chi connectivity index (χ4v) is 1.48. The molecule has 0 aliphatic carbocycles. The fourth-order valence-electron chi connectivity index (χ4n) is 1.48. The van der Waals surface area contributed by atoms with Crippen LogP contribution in [0.1, 0.15) is 31.9 Å². The molecule has 1 rings (SSSR count). The summed E-state index contributed by atoms with van der Waals surface area (Å²) in [6, 6.07) is 5.65. The molecular weight excluding hydrogens is 214 g/mol. The molecule has 0 heterocycles. The second-order valence-electron chi connectivity index (χ2n) is 4.25. The molecule has 1 atom stereocenters. The van der Waals surface area contributed by atoms with Gasteiger partial charge in [-0.2, -0.15) is 0 Å². The Morgan fingerprint density at radius 2 is 2.18 bits per heavy atom. The fraction of sp³-hybridized carbons (Fsp3) is 0.429. The zero-order valence-corrected chi connectivity index (χ0v) is 10.8. The highest BCUT2D eigenvalue weighted by Crippen LogP contribution is 2.28. The number of methoxy groups -OCH3 is 1. The molecule has 0 radical (unpaired) electrons. The Hall–Kier alpha value is -1.48. The van der Waals surface area contributed by atoms with Crippen LogP contribution in [0.25, 0.3) is 0 Å². The van der Waals surface area contributed by atoms with Crippen molar-refractivity contribution in [3.8, 4) is 11.5 Å². The Morgan fingerprint density at radius 3 is 2.71 bits per heavy atom. The summed E-state index contributed by atoms with van der Waals surface area (Å²) in [6.07, 6.45) is 0.843. The summed E-state index contributed by atoms with van der Waals surface area (Å²) >= 11 is 0. The summed E-state index contributed by atoms with van der Waals surface area (Å²) in [7, 11) is 1.64. The number of hydrogen-bond acceptors (Lipinski definition) is 3. The van der Waals surface area contributed by atoms with Crippen LogP contribution in [0.3, 0.4) is 0 Å². The number of benzene rings is 1. The molecule has 0 spiro atoms. The zero-order chi connectivity index (χ0) is 12.8. The van der Waals surface area contributed by atoms with E-state index in [2.05, 4.69) is 6.58 Å². The number of ether oxygens (including phenoxy) is 2. The molecular formula is C14H21NO2. The van der Waals surface area contributed by atoms with E-state index in [0.29, 0.717) is 6.61 Å². The van der Waals surface area contributed by atoms with Gasteiger partial charge >= 0.3 is 0 Å². The highest BCUT2D eigenvalue weighted by atomic mass is 16.5. The molecule has 3 nitrogen and oxygen atoms in total. The van der Waals surface area contributed by atoms with Gasteiger partial charge in [0, 0.05) is 24.1 Å². The summed E-state index contributed by atoms with van der Waals surface area (Å²) in [6.45, 7) is 8.39. The molecule has 0 saturated heterocycles. The van der Waals surface area contributed by atoms with Gasteiger partial charge in [-0.05, 0) is 19.9 Å². The second-order valence-corrected chi connectivity index (χ2v) is 4.25. The predicted molar refractivity (Wildman–Crippen MR) is 70.5 cm³/mol. The summed E-state index contributed by atoms with van der Waals surface area (Å²) in [4.78, 5) is 0. The molecule has 0 aliphatic rings. The van der Waals surface area contributed by atoms with Gasteiger partial charge in [0.05, 0.1) is 13.7 Å². The van der Waals surface area contributed by atoms with Crippen molar-refractivity contribution in [1.29, 1.82) is 0 Å². The summed E-state index contributed by atoms with van der Waals surface area (Å²) in [5, 5.41) is 0. The van der Waals surface area contributed by atoms with Gasteiger partial charge in [-0.3, -0.25) is 0 Å². The highest BCUT2D eigenvalue weighted by molar-refractivity contribution is 5.42. The first-order valence-electron chi connectivity index (χ1n) is 5.75. The predicted octanol–water partition coefficient (Wildman–Crippen LogP) is 3.06. The van der Waals surface area contributed by atoms with E-state index in [0.717, 1.165) is 29.1 Å². The molecule has 0 aromatic heterocycles. The minimum atomic E-state index is -0.0549. The molecule has 1 aromatic rings. The number of rotatable bonds is 6. The van der Waals surface area contributed by atoms with E-state index in [4.69, 9.17) is 15.2 Å². The lowest BCUT2D eigenvalue weighted by Crippen LogP contribution is -2.09. The van der Waals surface area contributed by atoms with Crippen molar-refractivity contribution < 1.29 is 9.47 Å². The van der Waals surface area contributed by atoms with E-state index in [1.807, 2.05) is 32.0 Å². The first-order chi connectivity index (χ1) is 8.04. The van der Waals surface area contributed by atoms with E-state index >= 15 is 0 Å². The Morgan fingerprint density at radius 1 is 1.47 bits per heavy atom. The van der Waals surface area contributed by atoms with Crippen molar-refractivity contribution in [1.82, 2.24) is 0 Å². The standard InChI is InChI=1S/C14H21NO2/c1-10(2)7-8-17-14-9-12(16-4)5-6-13(14)11(3)15/h5-6,9,11H,1,7-8,15H2,2-4H3/t11-/m0/s1. The normalized spacial score (nSPS) is 12.0. The third-order valence-electron chi connectivity index (χ3n) is 2.50. The van der Waals surface area contributed by atoms with Crippen LogP contribution in [0.2, 0.25) is 0 Å². The Bertz CT molecular complexity index is 386. The molecule has 0 unspecified atom stereocenters. The molecule has 2 N–H and O–H groups in total. The van der Waals surface area contributed by atoms with Crippen molar-refractivity contribution in [2.24, 2.45) is 5.73 Å². The van der Waals surface area contributed by atoms with E-state index in [1.54, 1.807) is 7.11 Å². The van der Waals surface area contributed by atoms with Gasteiger partial charge in [-0.1, -0.05) is 11.6 Å². The molecule has 3 heteroatoms. The number of nitrogens with two attached hydrogens (primary N) is 1. The highest BCUT2D eigenvalue weighted by Gasteiger charge is 2.09. The van der Waals surface area contributed by atoms with Gasteiger partial charge in [-0.15, -0.1) is 6.58 Å². The molecule has 0 bridgehead atoms. The van der Waals surface area contributed by atoms with Crippen LogP contribution in [0.5, 0.6) is 11.5 Å². The lowest BCUT2D eigenvalue weighted by atomic mass is 10.1. The Kier molecular flexibility index (Phi) is 5.04. The van der Waals surface area contributed by atoms with Gasteiger partial charge in [-0.25, -0.2) is 0 Å². The monoisotopic (exact) mass is 235 g/mol. The van der Waals surface area contributed by atoms with Crippen molar-refractivity contribution in [3.63, 3.8) is 0 Å². The summed E-state index contributed by atoms with van der Waals surface area (Å²) in [5.74, 6) is 1.57. The van der Waals surface area contributed by atoms with Gasteiger partial charge in [0.1, 0.15) is 11.5 Å². The van der Waals surface area contributed by atoms with E-state index in [-0.39, 0.29) is 6.04 Å². The Labute approximate surface area is 103 Å². The average Bonchev–Trinajstić information content (AvgIpc) is 2.28. The first kappa shape index (κ1) is 13.6. The van der Waals surface area contributed by atoms with E-state index in [9.17, 15) is 0 Å². The van der Waals surface area contributed by atoms with Crippen molar-refractivity contribution in [2.45, 2.75) is 26.3 Å². The van der Waals surface area contributed by atoms with Crippen LogP contribution in [0, 0.1) is 0 Å². The van der Waals surface area contributed by atoms with Gasteiger partial charge in [0.15, 0.2) is 0 Å². The molecule has 0 fully saturated rings. The maximum atomic E-state index is 5.90. The minimum absolute atomic E-state index is 0.0549. The third kappa shape index (κ3) is 4.11. The maximum absolute atomic E-state index is 5.90. The topological polar surface area (TPSA) is 44.5 Å². The minimum Gasteiger partial charge on any atom is -0.497 e. The van der Waals surface area contributed by atoms with Crippen LogP contribution >= 0.6 is 0 Å². The van der Waals surface area contributed by atoms with Crippen LogP contribution in [-0.4, -0.2) is 13.7 Å². The maximum Gasteiger partial charge on any atom is 0.127 e. The largest absolute Gasteiger partial charge is 0.497 e. The molecule has 1 aromatic carbocycles. The Balaban J connectivity index is 2.81. The van der Waals surface area contributed by atoms with Gasteiger partial charge in [0.2, 0.25) is 0 Å². The summed E-state index contributed by atoms with van der Waals surface area (Å²) in [5.41, 5.74) is 8.00. The molecule has 94 valence electrons. The second kappa shape index (κ2) is 6.30. The smallest absolute Gasteiger partial charge is 0.127 e. The van der Waals surface area contributed by atoms with E-state index < -0.39 is 0 Å². The molecule has 0 amide bonds. The third-order valence-corrected chi connectivity index (χ3v) is 2.50. The van der Waals surface area contributed by atoms with Crippen LogP contribution in [0.15, 0.2) is 30.4 Å². The van der Waals surface area contributed by atoms with Crippen molar-refractivity contribution in [2.75, 3.05) is 13.7 Å². The van der Waals surface area contributed by atoms with E-state index in [1.165, 1.54) is 0 Å². The van der Waals surface area contributed by atoms with Crippen molar-refractivity contribution >= 4 is 0 Å². The van der Waals surface area contributed by atoms with Crippen LogP contribution in [0.4, 0.5) is 0 Å². The summed E-state index contributed by atoms with van der Waals surface area (Å²) < 4.78 is 10.9. The van der Waals surface area contributed by atoms with Crippen molar-refractivity contribution in [3.05, 3.63) is 35.9 Å². The SMILES string of the molecule is C=C(C)CCOc1cc(OC)ccc1[C@H](C)N. The van der Waals surface area contributed by atoms with Gasteiger partial charge < -0.3 is 15.2 Å². The lowest BCUT2D eigenvalue weighted by molar-refractivity contribution is 0.314. The number of hydrogen-bond donors (Lipinski definition) is 1. The average molecular weight is 235 g/mol. The quantitative estimate of drug-likeness (QED) is 0.771.